The third kappa shape index (κ3) is 6.55. The maximum absolute atomic E-state index is 13.6. The van der Waals surface area contributed by atoms with Gasteiger partial charge in [0.15, 0.2) is 5.96 Å². The van der Waals surface area contributed by atoms with Crippen LogP contribution in [0.4, 0.5) is 4.39 Å². The molecule has 0 aliphatic carbocycles. The second-order valence-electron chi connectivity index (χ2n) is 5.89. The number of halogens is 1. The Morgan fingerprint density at radius 3 is 2.50 bits per heavy atom. The van der Waals surface area contributed by atoms with Crippen LogP contribution in [-0.2, 0) is 17.9 Å². The fourth-order valence-electron chi connectivity index (χ4n) is 2.27. The van der Waals surface area contributed by atoms with E-state index in [0.717, 1.165) is 11.1 Å². The minimum Gasteiger partial charge on any atom is -0.357 e. The van der Waals surface area contributed by atoms with Gasteiger partial charge in [-0.3, -0.25) is 4.79 Å². The maximum Gasteiger partial charge on any atom is 0.239 e. The van der Waals surface area contributed by atoms with Crippen molar-refractivity contribution in [1.29, 1.82) is 0 Å². The van der Waals surface area contributed by atoms with Crippen molar-refractivity contribution in [2.75, 3.05) is 13.1 Å². The number of rotatable bonds is 7. The van der Waals surface area contributed by atoms with E-state index < -0.39 is 0 Å². The summed E-state index contributed by atoms with van der Waals surface area (Å²) in [6, 6.07) is 14.8. The van der Waals surface area contributed by atoms with Crippen molar-refractivity contribution in [3.05, 3.63) is 71.0 Å². The third-order valence-corrected chi connectivity index (χ3v) is 3.75. The highest BCUT2D eigenvalue weighted by atomic mass is 19.1. The molecule has 138 valence electrons. The quantitative estimate of drug-likeness (QED) is 0.528. The van der Waals surface area contributed by atoms with Crippen molar-refractivity contribution in [3.8, 4) is 0 Å². The summed E-state index contributed by atoms with van der Waals surface area (Å²) in [5.41, 5.74) is 2.43. The van der Waals surface area contributed by atoms with Crippen LogP contribution in [0.5, 0.6) is 0 Å². The SMILES string of the molecule is CCNC(=NCc1ccc(C)c(F)c1)NCC(=O)NCc1ccccc1. The Kier molecular flexibility index (Phi) is 7.61. The van der Waals surface area contributed by atoms with Gasteiger partial charge < -0.3 is 16.0 Å². The van der Waals surface area contributed by atoms with Crippen LogP contribution < -0.4 is 16.0 Å². The minimum atomic E-state index is -0.240. The van der Waals surface area contributed by atoms with Gasteiger partial charge in [0.1, 0.15) is 5.82 Å². The molecule has 3 N–H and O–H groups in total. The summed E-state index contributed by atoms with van der Waals surface area (Å²) in [5.74, 6) is 0.153. The summed E-state index contributed by atoms with van der Waals surface area (Å²) in [5, 5.41) is 8.91. The molecule has 26 heavy (non-hydrogen) atoms. The number of nitrogens with one attached hydrogen (secondary N) is 3. The Hall–Kier alpha value is -2.89. The number of carbonyl (C=O) groups is 1. The minimum absolute atomic E-state index is 0.112. The second kappa shape index (κ2) is 10.2. The number of benzene rings is 2. The molecule has 6 heteroatoms. The first-order chi connectivity index (χ1) is 12.6. The summed E-state index contributed by atoms with van der Waals surface area (Å²) in [4.78, 5) is 16.4. The fraction of sp³-hybridized carbons (Fsp3) is 0.300. The predicted molar refractivity (Wildman–Crippen MR) is 102 cm³/mol. The van der Waals surface area contributed by atoms with E-state index in [1.54, 1.807) is 13.0 Å². The van der Waals surface area contributed by atoms with Crippen LogP contribution in [0.1, 0.15) is 23.6 Å². The lowest BCUT2D eigenvalue weighted by Gasteiger charge is -2.12. The first-order valence-electron chi connectivity index (χ1n) is 8.66. The zero-order valence-electron chi connectivity index (χ0n) is 15.2. The monoisotopic (exact) mass is 356 g/mol. The van der Waals surface area contributed by atoms with Gasteiger partial charge in [0.05, 0.1) is 13.1 Å². The van der Waals surface area contributed by atoms with Crippen LogP contribution in [0.25, 0.3) is 0 Å². The summed E-state index contributed by atoms with van der Waals surface area (Å²) < 4.78 is 13.6. The molecule has 1 amide bonds. The van der Waals surface area contributed by atoms with Gasteiger partial charge >= 0.3 is 0 Å². The molecule has 0 aromatic heterocycles. The van der Waals surface area contributed by atoms with Gasteiger partial charge in [-0.1, -0.05) is 42.5 Å². The van der Waals surface area contributed by atoms with Crippen molar-refractivity contribution in [2.24, 2.45) is 4.99 Å². The van der Waals surface area contributed by atoms with E-state index in [2.05, 4.69) is 20.9 Å². The number of nitrogens with zero attached hydrogens (tertiary/aromatic N) is 1. The molecule has 0 aliphatic heterocycles. The zero-order chi connectivity index (χ0) is 18.8. The smallest absolute Gasteiger partial charge is 0.239 e. The number of amides is 1. The Labute approximate surface area is 153 Å². The molecule has 0 radical (unpaired) electrons. The van der Waals surface area contributed by atoms with E-state index in [1.165, 1.54) is 6.07 Å². The molecule has 2 aromatic carbocycles. The molecular formula is C20H25FN4O. The van der Waals surface area contributed by atoms with Crippen LogP contribution in [0.3, 0.4) is 0 Å². The van der Waals surface area contributed by atoms with Crippen molar-refractivity contribution >= 4 is 11.9 Å². The second-order valence-corrected chi connectivity index (χ2v) is 5.89. The Morgan fingerprint density at radius 2 is 1.81 bits per heavy atom. The lowest BCUT2D eigenvalue weighted by atomic mass is 10.1. The van der Waals surface area contributed by atoms with Gasteiger partial charge in [0, 0.05) is 13.1 Å². The van der Waals surface area contributed by atoms with E-state index in [4.69, 9.17) is 0 Å². The molecule has 2 aromatic rings. The molecule has 0 bridgehead atoms. The van der Waals surface area contributed by atoms with Gasteiger partial charge in [-0.2, -0.15) is 0 Å². The number of guanidine groups is 1. The first-order valence-corrected chi connectivity index (χ1v) is 8.66. The largest absolute Gasteiger partial charge is 0.357 e. The first kappa shape index (κ1) is 19.4. The molecule has 0 atom stereocenters. The fourth-order valence-corrected chi connectivity index (χ4v) is 2.27. The number of aryl methyl sites for hydroxylation is 1. The number of hydrogen-bond donors (Lipinski definition) is 3. The standard InChI is InChI=1S/C20H25FN4O/c1-3-22-20(24-13-17-10-9-15(2)18(21)11-17)25-14-19(26)23-12-16-7-5-4-6-8-16/h4-11H,3,12-14H2,1-2H3,(H,23,26)(H2,22,24,25). The third-order valence-electron chi connectivity index (χ3n) is 3.75. The van der Waals surface area contributed by atoms with Crippen molar-refractivity contribution < 1.29 is 9.18 Å². The average Bonchev–Trinajstić information content (AvgIpc) is 2.66. The van der Waals surface area contributed by atoms with E-state index in [-0.39, 0.29) is 18.3 Å². The van der Waals surface area contributed by atoms with Gasteiger partial charge in [0.2, 0.25) is 5.91 Å². The van der Waals surface area contributed by atoms with Crippen molar-refractivity contribution in [2.45, 2.75) is 26.9 Å². The summed E-state index contributed by atoms with van der Waals surface area (Å²) in [7, 11) is 0. The van der Waals surface area contributed by atoms with E-state index in [1.807, 2.05) is 43.3 Å². The average molecular weight is 356 g/mol. The molecule has 0 aliphatic rings. The van der Waals surface area contributed by atoms with Crippen LogP contribution in [0, 0.1) is 12.7 Å². The van der Waals surface area contributed by atoms with Crippen LogP contribution in [0.2, 0.25) is 0 Å². The summed E-state index contributed by atoms with van der Waals surface area (Å²) in [6.07, 6.45) is 0. The molecule has 0 spiro atoms. The molecule has 2 rings (SSSR count). The number of hydrogen-bond acceptors (Lipinski definition) is 2. The molecule has 0 saturated carbocycles. The Bertz CT molecular complexity index is 747. The predicted octanol–water partition coefficient (Wildman–Crippen LogP) is 2.51. The van der Waals surface area contributed by atoms with E-state index >= 15 is 0 Å². The van der Waals surface area contributed by atoms with Gasteiger partial charge in [-0.05, 0) is 36.6 Å². The summed E-state index contributed by atoms with van der Waals surface area (Å²) >= 11 is 0. The lowest BCUT2D eigenvalue weighted by molar-refractivity contribution is -0.120. The van der Waals surface area contributed by atoms with Gasteiger partial charge in [-0.15, -0.1) is 0 Å². The highest BCUT2D eigenvalue weighted by molar-refractivity contribution is 5.86. The van der Waals surface area contributed by atoms with Crippen LogP contribution in [-0.4, -0.2) is 25.0 Å². The Balaban J connectivity index is 1.84. The molecule has 0 saturated heterocycles. The lowest BCUT2D eigenvalue weighted by Crippen LogP contribution is -2.43. The topological polar surface area (TPSA) is 65.5 Å². The highest BCUT2D eigenvalue weighted by Gasteiger charge is 2.04. The van der Waals surface area contributed by atoms with Gasteiger partial charge in [-0.25, -0.2) is 9.38 Å². The number of carbonyl (C=O) groups excluding carboxylic acids is 1. The molecule has 5 nitrogen and oxygen atoms in total. The number of aliphatic imine (C=N–C) groups is 1. The van der Waals surface area contributed by atoms with Gasteiger partial charge in [0.25, 0.3) is 0 Å². The molecular weight excluding hydrogens is 331 g/mol. The highest BCUT2D eigenvalue weighted by Crippen LogP contribution is 2.09. The van der Waals surface area contributed by atoms with Crippen molar-refractivity contribution in [1.82, 2.24) is 16.0 Å². The molecule has 0 heterocycles. The zero-order valence-corrected chi connectivity index (χ0v) is 15.2. The molecule has 0 fully saturated rings. The molecule has 0 unspecified atom stereocenters. The van der Waals surface area contributed by atoms with Crippen LogP contribution in [0.15, 0.2) is 53.5 Å². The van der Waals surface area contributed by atoms with Crippen molar-refractivity contribution in [3.63, 3.8) is 0 Å². The maximum atomic E-state index is 13.6. The van der Waals surface area contributed by atoms with E-state index in [9.17, 15) is 9.18 Å². The normalized spacial score (nSPS) is 11.1. The summed E-state index contributed by atoms with van der Waals surface area (Å²) in [6.45, 7) is 5.26. The van der Waals surface area contributed by atoms with Crippen LogP contribution >= 0.6 is 0 Å². The van der Waals surface area contributed by atoms with E-state index in [0.29, 0.717) is 31.2 Å². The Morgan fingerprint density at radius 1 is 1.04 bits per heavy atom.